The molecule has 1 amide bonds. The minimum Gasteiger partial charge on any atom is -0.344 e. The van der Waals surface area contributed by atoms with E-state index in [1.807, 2.05) is 12.3 Å². The standard InChI is InChI=1S/C10H12N4OS/c1-7-6-16-9(13-7)5-11-10(15)8-3-4-12-14(8)2/h3-4,6H,5H2,1-2H3,(H,11,15). The maximum absolute atomic E-state index is 11.7. The van der Waals surface area contributed by atoms with E-state index < -0.39 is 0 Å². The van der Waals surface area contributed by atoms with Crippen molar-refractivity contribution < 1.29 is 4.79 Å². The van der Waals surface area contributed by atoms with Crippen molar-refractivity contribution in [3.63, 3.8) is 0 Å². The molecule has 6 heteroatoms. The van der Waals surface area contributed by atoms with Gasteiger partial charge in [-0.15, -0.1) is 11.3 Å². The van der Waals surface area contributed by atoms with Gasteiger partial charge in [0.2, 0.25) is 0 Å². The first-order chi connectivity index (χ1) is 7.66. The molecule has 2 rings (SSSR count). The van der Waals surface area contributed by atoms with Gasteiger partial charge in [0.1, 0.15) is 10.7 Å². The first-order valence-electron chi connectivity index (χ1n) is 4.84. The number of hydrogen-bond acceptors (Lipinski definition) is 4. The van der Waals surface area contributed by atoms with Crippen LogP contribution >= 0.6 is 11.3 Å². The van der Waals surface area contributed by atoms with Gasteiger partial charge >= 0.3 is 0 Å². The Hall–Kier alpha value is -1.69. The molecule has 1 N–H and O–H groups in total. The monoisotopic (exact) mass is 236 g/mol. The summed E-state index contributed by atoms with van der Waals surface area (Å²) >= 11 is 1.54. The molecule has 0 saturated heterocycles. The number of nitrogens with zero attached hydrogens (tertiary/aromatic N) is 3. The zero-order valence-corrected chi connectivity index (χ0v) is 9.91. The Bertz CT molecular complexity index is 502. The summed E-state index contributed by atoms with van der Waals surface area (Å²) in [4.78, 5) is 16.0. The molecule has 0 aromatic carbocycles. The third-order valence-corrected chi connectivity index (χ3v) is 3.09. The number of rotatable bonds is 3. The molecule has 0 aliphatic rings. The lowest BCUT2D eigenvalue weighted by Gasteiger charge is -2.02. The molecule has 0 bridgehead atoms. The molecule has 0 unspecified atom stereocenters. The van der Waals surface area contributed by atoms with E-state index in [9.17, 15) is 4.79 Å². The van der Waals surface area contributed by atoms with Crippen molar-refractivity contribution in [2.24, 2.45) is 7.05 Å². The second kappa shape index (κ2) is 4.44. The van der Waals surface area contributed by atoms with Gasteiger partial charge in [0, 0.05) is 24.3 Å². The van der Waals surface area contributed by atoms with Crippen LogP contribution < -0.4 is 5.32 Å². The van der Waals surface area contributed by atoms with Crippen LogP contribution in [-0.2, 0) is 13.6 Å². The van der Waals surface area contributed by atoms with Crippen molar-refractivity contribution in [1.82, 2.24) is 20.1 Å². The van der Waals surface area contributed by atoms with Crippen LogP contribution in [0, 0.1) is 6.92 Å². The van der Waals surface area contributed by atoms with Gasteiger partial charge in [-0.3, -0.25) is 9.48 Å². The molecule has 0 spiro atoms. The molecule has 0 atom stereocenters. The molecule has 2 aromatic rings. The minimum absolute atomic E-state index is 0.132. The Labute approximate surface area is 97.1 Å². The lowest BCUT2D eigenvalue weighted by Crippen LogP contribution is -2.25. The van der Waals surface area contributed by atoms with E-state index in [0.717, 1.165) is 10.7 Å². The molecule has 0 aliphatic carbocycles. The van der Waals surface area contributed by atoms with Gasteiger partial charge < -0.3 is 5.32 Å². The molecule has 0 fully saturated rings. The minimum atomic E-state index is -0.132. The Kier molecular flexibility index (Phi) is 3.00. The summed E-state index contributed by atoms with van der Waals surface area (Å²) in [5.41, 5.74) is 1.53. The largest absolute Gasteiger partial charge is 0.344 e. The third kappa shape index (κ3) is 2.27. The summed E-state index contributed by atoms with van der Waals surface area (Å²) in [6.45, 7) is 2.39. The summed E-state index contributed by atoms with van der Waals surface area (Å²) in [6, 6.07) is 1.68. The summed E-state index contributed by atoms with van der Waals surface area (Å²) in [7, 11) is 1.74. The van der Waals surface area contributed by atoms with Gasteiger partial charge in [-0.05, 0) is 13.0 Å². The predicted molar refractivity (Wildman–Crippen MR) is 61.2 cm³/mol. The van der Waals surface area contributed by atoms with Crippen LogP contribution in [0.15, 0.2) is 17.6 Å². The van der Waals surface area contributed by atoms with Gasteiger partial charge in [0.05, 0.1) is 6.54 Å². The van der Waals surface area contributed by atoms with Crippen LogP contribution in [0.3, 0.4) is 0 Å². The van der Waals surface area contributed by atoms with E-state index in [0.29, 0.717) is 12.2 Å². The Balaban J connectivity index is 1.96. The highest BCUT2D eigenvalue weighted by atomic mass is 32.1. The first-order valence-corrected chi connectivity index (χ1v) is 5.72. The maximum atomic E-state index is 11.7. The van der Waals surface area contributed by atoms with E-state index >= 15 is 0 Å². The van der Waals surface area contributed by atoms with Crippen LogP contribution in [0.25, 0.3) is 0 Å². The van der Waals surface area contributed by atoms with Crippen molar-refractivity contribution >= 4 is 17.2 Å². The van der Waals surface area contributed by atoms with Crippen LogP contribution in [0.1, 0.15) is 21.2 Å². The summed E-state index contributed by atoms with van der Waals surface area (Å²) in [6.07, 6.45) is 1.60. The number of thiazole rings is 1. The van der Waals surface area contributed by atoms with Crippen molar-refractivity contribution in [1.29, 1.82) is 0 Å². The SMILES string of the molecule is Cc1csc(CNC(=O)c2ccnn2C)n1. The van der Waals surface area contributed by atoms with E-state index in [1.165, 1.54) is 0 Å². The fourth-order valence-electron chi connectivity index (χ4n) is 1.33. The normalized spacial score (nSPS) is 10.4. The number of carbonyl (C=O) groups is 1. The zero-order valence-electron chi connectivity index (χ0n) is 9.10. The fraction of sp³-hybridized carbons (Fsp3) is 0.300. The lowest BCUT2D eigenvalue weighted by molar-refractivity contribution is 0.0941. The van der Waals surface area contributed by atoms with Gasteiger partial charge in [0.25, 0.3) is 5.91 Å². The van der Waals surface area contributed by atoms with Crippen LogP contribution in [0.4, 0.5) is 0 Å². The number of nitrogens with one attached hydrogen (secondary N) is 1. The molecule has 2 aromatic heterocycles. The first kappa shape index (κ1) is 10.8. The zero-order chi connectivity index (χ0) is 11.5. The van der Waals surface area contributed by atoms with E-state index in [4.69, 9.17) is 0 Å². The van der Waals surface area contributed by atoms with Crippen LogP contribution in [0.2, 0.25) is 0 Å². The maximum Gasteiger partial charge on any atom is 0.269 e. The summed E-state index contributed by atoms with van der Waals surface area (Å²) in [5, 5.41) is 9.62. The summed E-state index contributed by atoms with van der Waals surface area (Å²) < 4.78 is 1.54. The summed E-state index contributed by atoms with van der Waals surface area (Å²) in [5.74, 6) is -0.132. The second-order valence-electron chi connectivity index (χ2n) is 3.41. The van der Waals surface area contributed by atoms with Gasteiger partial charge in [-0.1, -0.05) is 0 Å². The molecule has 0 radical (unpaired) electrons. The molecule has 16 heavy (non-hydrogen) atoms. The molecule has 84 valence electrons. The smallest absolute Gasteiger partial charge is 0.269 e. The van der Waals surface area contributed by atoms with Crippen molar-refractivity contribution in [3.05, 3.63) is 34.0 Å². The second-order valence-corrected chi connectivity index (χ2v) is 4.35. The van der Waals surface area contributed by atoms with E-state index in [1.54, 1.807) is 35.3 Å². The number of aromatic nitrogens is 3. The van der Waals surface area contributed by atoms with Gasteiger partial charge in [-0.2, -0.15) is 5.10 Å². The topological polar surface area (TPSA) is 59.8 Å². The Morgan fingerprint density at radius 3 is 3.00 bits per heavy atom. The van der Waals surface area contributed by atoms with Gasteiger partial charge in [-0.25, -0.2) is 4.98 Å². The third-order valence-electron chi connectivity index (χ3n) is 2.12. The molecule has 0 aliphatic heterocycles. The molecular weight excluding hydrogens is 224 g/mol. The Morgan fingerprint density at radius 1 is 1.62 bits per heavy atom. The van der Waals surface area contributed by atoms with Crippen LogP contribution in [-0.4, -0.2) is 20.7 Å². The van der Waals surface area contributed by atoms with Crippen molar-refractivity contribution in [2.45, 2.75) is 13.5 Å². The van der Waals surface area contributed by atoms with Crippen molar-refractivity contribution in [3.8, 4) is 0 Å². The number of amides is 1. The molecule has 2 heterocycles. The van der Waals surface area contributed by atoms with E-state index in [2.05, 4.69) is 15.4 Å². The molecule has 0 saturated carbocycles. The van der Waals surface area contributed by atoms with Crippen molar-refractivity contribution in [2.75, 3.05) is 0 Å². The highest BCUT2D eigenvalue weighted by molar-refractivity contribution is 7.09. The fourth-order valence-corrected chi connectivity index (χ4v) is 2.04. The molecule has 5 nitrogen and oxygen atoms in total. The van der Waals surface area contributed by atoms with Crippen LogP contribution in [0.5, 0.6) is 0 Å². The quantitative estimate of drug-likeness (QED) is 0.868. The number of carbonyl (C=O) groups excluding carboxylic acids is 1. The average molecular weight is 236 g/mol. The molecular formula is C10H12N4OS. The Morgan fingerprint density at radius 2 is 2.44 bits per heavy atom. The van der Waals surface area contributed by atoms with E-state index in [-0.39, 0.29) is 5.91 Å². The number of hydrogen-bond donors (Lipinski definition) is 1. The highest BCUT2D eigenvalue weighted by Gasteiger charge is 2.09. The number of aryl methyl sites for hydroxylation is 2. The van der Waals surface area contributed by atoms with Gasteiger partial charge in [0.15, 0.2) is 0 Å². The highest BCUT2D eigenvalue weighted by Crippen LogP contribution is 2.08. The predicted octanol–water partition coefficient (Wildman–Crippen LogP) is 1.12. The lowest BCUT2D eigenvalue weighted by atomic mass is 10.4. The average Bonchev–Trinajstić information content (AvgIpc) is 2.84.